The maximum absolute atomic E-state index is 12.6. The fourth-order valence-corrected chi connectivity index (χ4v) is 5.89. The molecule has 0 spiro atoms. The van der Waals surface area contributed by atoms with Gasteiger partial charge in [-0.3, -0.25) is 14.7 Å². The quantitative estimate of drug-likeness (QED) is 0.488. The number of likely N-dealkylation sites (tertiary alicyclic amines) is 1. The standard InChI is InChI=1S/C19H35N5O3S/c1-16(17(25)23-8-4-5-9-23)22-10-12-24(13-11-22)18(20-2)21-14-19(6-7-19)15-28(3,26)27/h16H,4-15H2,1-3H3,(H,20,21). The van der Waals surface area contributed by atoms with Crippen molar-refractivity contribution >= 4 is 21.7 Å². The van der Waals surface area contributed by atoms with E-state index in [9.17, 15) is 13.2 Å². The molecular weight excluding hydrogens is 378 g/mol. The molecule has 28 heavy (non-hydrogen) atoms. The lowest BCUT2D eigenvalue weighted by atomic mass is 10.1. The third kappa shape index (κ3) is 5.37. The van der Waals surface area contributed by atoms with Crippen molar-refractivity contribution < 1.29 is 13.2 Å². The molecule has 1 aliphatic carbocycles. The van der Waals surface area contributed by atoms with Gasteiger partial charge in [0, 0.05) is 64.5 Å². The summed E-state index contributed by atoms with van der Waals surface area (Å²) in [5, 5.41) is 3.39. The van der Waals surface area contributed by atoms with Gasteiger partial charge < -0.3 is 15.1 Å². The van der Waals surface area contributed by atoms with Crippen LogP contribution in [-0.4, -0.2) is 106 Å². The Balaban J connectivity index is 1.47. The summed E-state index contributed by atoms with van der Waals surface area (Å²) in [5.41, 5.74) is -0.123. The normalized spacial score (nSPS) is 24.3. The highest BCUT2D eigenvalue weighted by Crippen LogP contribution is 2.46. The van der Waals surface area contributed by atoms with E-state index < -0.39 is 9.84 Å². The zero-order valence-corrected chi connectivity index (χ0v) is 18.3. The lowest BCUT2D eigenvalue weighted by Crippen LogP contribution is -2.57. The van der Waals surface area contributed by atoms with Gasteiger partial charge in [0.15, 0.2) is 5.96 Å². The van der Waals surface area contributed by atoms with E-state index in [2.05, 4.69) is 20.1 Å². The summed E-state index contributed by atoms with van der Waals surface area (Å²) in [6.07, 6.45) is 5.46. The fraction of sp³-hybridized carbons (Fsp3) is 0.895. The van der Waals surface area contributed by atoms with Crippen LogP contribution in [0.1, 0.15) is 32.6 Å². The first-order chi connectivity index (χ1) is 13.2. The number of hydrogen-bond acceptors (Lipinski definition) is 5. The molecule has 1 saturated carbocycles. The molecule has 3 rings (SSSR count). The Morgan fingerprint density at radius 2 is 1.68 bits per heavy atom. The molecule has 0 radical (unpaired) electrons. The first-order valence-corrected chi connectivity index (χ1v) is 12.5. The topological polar surface area (TPSA) is 85.3 Å². The second-order valence-corrected chi connectivity index (χ2v) is 10.8. The highest BCUT2D eigenvalue weighted by atomic mass is 32.2. The van der Waals surface area contributed by atoms with Crippen molar-refractivity contribution in [2.75, 3.05) is 64.9 Å². The molecular formula is C19H35N5O3S. The lowest BCUT2D eigenvalue weighted by Gasteiger charge is -2.39. The molecule has 1 amide bonds. The Morgan fingerprint density at radius 3 is 2.18 bits per heavy atom. The maximum Gasteiger partial charge on any atom is 0.239 e. The van der Waals surface area contributed by atoms with Crippen LogP contribution < -0.4 is 5.32 Å². The van der Waals surface area contributed by atoms with Crippen molar-refractivity contribution in [2.24, 2.45) is 10.4 Å². The average Bonchev–Trinajstić information content (AvgIpc) is 3.18. The fourth-order valence-electron chi connectivity index (χ4n) is 4.38. The molecule has 2 saturated heterocycles. The predicted octanol–water partition coefficient (Wildman–Crippen LogP) is 0.0151. The van der Waals surface area contributed by atoms with Gasteiger partial charge in [-0.25, -0.2) is 8.42 Å². The number of aliphatic imine (C=N–C) groups is 1. The Bertz CT molecular complexity index is 690. The molecule has 0 aromatic heterocycles. The van der Waals surface area contributed by atoms with Crippen LogP contribution in [-0.2, 0) is 14.6 Å². The van der Waals surface area contributed by atoms with E-state index in [-0.39, 0.29) is 23.1 Å². The van der Waals surface area contributed by atoms with Crippen molar-refractivity contribution in [1.82, 2.24) is 20.0 Å². The van der Waals surface area contributed by atoms with E-state index in [1.54, 1.807) is 7.05 Å². The second kappa shape index (κ2) is 8.57. The highest BCUT2D eigenvalue weighted by molar-refractivity contribution is 7.90. The molecule has 9 heteroatoms. The van der Waals surface area contributed by atoms with E-state index >= 15 is 0 Å². The van der Waals surface area contributed by atoms with Crippen molar-refractivity contribution in [1.29, 1.82) is 0 Å². The van der Waals surface area contributed by atoms with Crippen LogP contribution in [0.5, 0.6) is 0 Å². The predicted molar refractivity (Wildman–Crippen MR) is 111 cm³/mol. The van der Waals surface area contributed by atoms with Crippen LogP contribution in [0.25, 0.3) is 0 Å². The minimum Gasteiger partial charge on any atom is -0.356 e. The molecule has 0 aromatic rings. The smallest absolute Gasteiger partial charge is 0.239 e. The summed E-state index contributed by atoms with van der Waals surface area (Å²) in [4.78, 5) is 23.5. The first kappa shape index (κ1) is 21.4. The van der Waals surface area contributed by atoms with Gasteiger partial charge in [-0.1, -0.05) is 0 Å². The van der Waals surface area contributed by atoms with E-state index in [1.807, 2.05) is 11.8 Å². The van der Waals surface area contributed by atoms with Crippen LogP contribution in [0.2, 0.25) is 0 Å². The van der Waals surface area contributed by atoms with Crippen molar-refractivity contribution in [2.45, 2.75) is 38.6 Å². The number of nitrogens with zero attached hydrogens (tertiary/aromatic N) is 4. The summed E-state index contributed by atoms with van der Waals surface area (Å²) >= 11 is 0. The summed E-state index contributed by atoms with van der Waals surface area (Å²) < 4.78 is 23.3. The molecule has 1 unspecified atom stereocenters. The zero-order chi connectivity index (χ0) is 20.4. The minimum atomic E-state index is -2.97. The summed E-state index contributed by atoms with van der Waals surface area (Å²) in [7, 11) is -1.20. The van der Waals surface area contributed by atoms with Gasteiger partial charge in [-0.15, -0.1) is 0 Å². The number of carbonyl (C=O) groups excluding carboxylic acids is 1. The second-order valence-electron chi connectivity index (χ2n) is 8.70. The summed E-state index contributed by atoms with van der Waals surface area (Å²) in [6.45, 7) is 7.75. The van der Waals surface area contributed by atoms with Crippen molar-refractivity contribution in [3.63, 3.8) is 0 Å². The van der Waals surface area contributed by atoms with Gasteiger partial charge in [-0.05, 0) is 32.6 Å². The molecule has 1 atom stereocenters. The summed E-state index contributed by atoms with van der Waals surface area (Å²) in [5.74, 6) is 1.33. The van der Waals surface area contributed by atoms with Crippen LogP contribution in [0.15, 0.2) is 4.99 Å². The van der Waals surface area contributed by atoms with Crippen LogP contribution in [0.3, 0.4) is 0 Å². The van der Waals surface area contributed by atoms with Gasteiger partial charge in [0.2, 0.25) is 5.91 Å². The molecule has 8 nitrogen and oxygen atoms in total. The van der Waals surface area contributed by atoms with E-state index in [1.165, 1.54) is 6.26 Å². The number of amides is 1. The molecule has 2 heterocycles. The third-order valence-corrected chi connectivity index (χ3v) is 7.43. The number of guanidine groups is 1. The zero-order valence-electron chi connectivity index (χ0n) is 17.5. The third-order valence-electron chi connectivity index (χ3n) is 6.30. The highest BCUT2D eigenvalue weighted by Gasteiger charge is 2.45. The Labute approximate surface area is 169 Å². The van der Waals surface area contributed by atoms with Crippen molar-refractivity contribution in [3.05, 3.63) is 0 Å². The Hall–Kier alpha value is -1.35. The number of rotatable bonds is 6. The monoisotopic (exact) mass is 413 g/mol. The van der Waals surface area contributed by atoms with Crippen LogP contribution >= 0.6 is 0 Å². The van der Waals surface area contributed by atoms with Gasteiger partial charge in [0.05, 0.1) is 11.8 Å². The van der Waals surface area contributed by atoms with Crippen LogP contribution in [0.4, 0.5) is 0 Å². The first-order valence-electron chi connectivity index (χ1n) is 10.4. The van der Waals surface area contributed by atoms with Crippen LogP contribution in [0, 0.1) is 5.41 Å². The molecule has 2 aliphatic heterocycles. The van der Waals surface area contributed by atoms with Crippen molar-refractivity contribution in [3.8, 4) is 0 Å². The molecule has 0 aromatic carbocycles. The Kier molecular flexibility index (Phi) is 6.54. The molecule has 0 bridgehead atoms. The lowest BCUT2D eigenvalue weighted by molar-refractivity contribution is -0.135. The number of piperazine rings is 1. The van der Waals surface area contributed by atoms with Gasteiger partial charge in [-0.2, -0.15) is 0 Å². The van der Waals surface area contributed by atoms with E-state index in [4.69, 9.17) is 0 Å². The largest absolute Gasteiger partial charge is 0.356 e. The molecule has 1 N–H and O–H groups in total. The molecule has 3 fully saturated rings. The number of nitrogens with one attached hydrogen (secondary N) is 1. The van der Waals surface area contributed by atoms with Gasteiger partial charge in [0.25, 0.3) is 0 Å². The van der Waals surface area contributed by atoms with Gasteiger partial charge in [0.1, 0.15) is 9.84 Å². The summed E-state index contributed by atoms with van der Waals surface area (Å²) in [6, 6.07) is -0.0697. The maximum atomic E-state index is 12.6. The SMILES string of the molecule is CN=C(NCC1(CS(C)(=O)=O)CC1)N1CCN(C(C)C(=O)N2CCCC2)CC1. The number of carbonyl (C=O) groups is 1. The Morgan fingerprint density at radius 1 is 1.07 bits per heavy atom. The molecule has 160 valence electrons. The minimum absolute atomic E-state index is 0.0697. The number of hydrogen-bond donors (Lipinski definition) is 1. The van der Waals surface area contributed by atoms with Gasteiger partial charge >= 0.3 is 0 Å². The number of sulfone groups is 1. The van der Waals surface area contributed by atoms with E-state index in [0.717, 1.165) is 70.9 Å². The molecule has 3 aliphatic rings. The van der Waals surface area contributed by atoms with E-state index in [0.29, 0.717) is 6.54 Å². The average molecular weight is 414 g/mol.